The molecule has 1 atom stereocenters. The van der Waals surface area contributed by atoms with Crippen LogP contribution in [0.25, 0.3) is 0 Å². The highest BCUT2D eigenvalue weighted by atomic mass is 35.5. The molecule has 3 heterocycles. The molecule has 3 rings (SSSR count). The first-order valence-electron chi connectivity index (χ1n) is 6.58. The molecule has 2 fully saturated rings. The van der Waals surface area contributed by atoms with Gasteiger partial charge in [0.25, 0.3) is 0 Å². The van der Waals surface area contributed by atoms with Crippen molar-refractivity contribution in [1.29, 1.82) is 0 Å². The molecule has 6 heteroatoms. The second-order valence-corrected chi connectivity index (χ2v) is 6.44. The number of rotatable bonds is 2. The maximum atomic E-state index is 5.96. The normalized spacial score (nSPS) is 27.0. The van der Waals surface area contributed by atoms with E-state index in [1.165, 1.54) is 6.42 Å². The van der Waals surface area contributed by atoms with Gasteiger partial charge in [0.05, 0.1) is 0 Å². The van der Waals surface area contributed by atoms with Crippen molar-refractivity contribution in [3.8, 4) is 0 Å². The summed E-state index contributed by atoms with van der Waals surface area (Å²) in [7, 11) is 0. The van der Waals surface area contributed by atoms with E-state index in [-0.39, 0.29) is 0 Å². The summed E-state index contributed by atoms with van der Waals surface area (Å²) in [4.78, 5) is 9.31. The second kappa shape index (κ2) is 5.33. The Bertz CT molecular complexity index is 403. The van der Waals surface area contributed by atoms with Gasteiger partial charge in [-0.3, -0.25) is 4.90 Å². The zero-order chi connectivity index (χ0) is 12.5. The number of aromatic nitrogens is 1. The standard InChI is InChI=1S/C12H19ClN4S/c13-11-8-18-12(15-11)17-6-3-10(7-17)16-4-1-9(14)2-5-16/h8-10H,1-7,14H2. The summed E-state index contributed by atoms with van der Waals surface area (Å²) in [6.45, 7) is 4.48. The Balaban J connectivity index is 1.58. The highest BCUT2D eigenvalue weighted by Gasteiger charge is 2.30. The van der Waals surface area contributed by atoms with Crippen molar-refractivity contribution in [2.75, 3.05) is 31.1 Å². The van der Waals surface area contributed by atoms with Crippen LogP contribution in [-0.2, 0) is 0 Å². The molecule has 0 spiro atoms. The molecule has 1 unspecified atom stereocenters. The molecule has 2 aliphatic heterocycles. The van der Waals surface area contributed by atoms with Gasteiger partial charge >= 0.3 is 0 Å². The number of nitrogens with two attached hydrogens (primary N) is 1. The van der Waals surface area contributed by atoms with E-state index in [0.717, 1.165) is 44.2 Å². The van der Waals surface area contributed by atoms with Crippen LogP contribution in [0.2, 0.25) is 5.15 Å². The van der Waals surface area contributed by atoms with Crippen molar-refractivity contribution in [2.24, 2.45) is 5.73 Å². The third-order valence-corrected chi connectivity index (χ3v) is 5.21. The van der Waals surface area contributed by atoms with Gasteiger partial charge in [-0.1, -0.05) is 11.6 Å². The van der Waals surface area contributed by atoms with E-state index in [9.17, 15) is 0 Å². The fourth-order valence-electron chi connectivity index (χ4n) is 2.89. The Morgan fingerprint density at radius 1 is 1.28 bits per heavy atom. The number of hydrogen-bond donors (Lipinski definition) is 1. The summed E-state index contributed by atoms with van der Waals surface area (Å²) in [5.74, 6) is 0. The number of halogens is 1. The van der Waals surface area contributed by atoms with Crippen LogP contribution in [0.3, 0.4) is 0 Å². The molecule has 0 amide bonds. The minimum Gasteiger partial charge on any atom is -0.346 e. The van der Waals surface area contributed by atoms with Crippen molar-refractivity contribution in [1.82, 2.24) is 9.88 Å². The summed E-state index contributed by atoms with van der Waals surface area (Å²) in [6, 6.07) is 1.08. The topological polar surface area (TPSA) is 45.4 Å². The van der Waals surface area contributed by atoms with Gasteiger partial charge in [0.1, 0.15) is 5.15 Å². The van der Waals surface area contributed by atoms with Crippen LogP contribution < -0.4 is 10.6 Å². The van der Waals surface area contributed by atoms with E-state index in [1.54, 1.807) is 11.3 Å². The second-order valence-electron chi connectivity index (χ2n) is 5.21. The summed E-state index contributed by atoms with van der Waals surface area (Å²) in [5.41, 5.74) is 5.96. The molecule has 18 heavy (non-hydrogen) atoms. The van der Waals surface area contributed by atoms with Gasteiger partial charge < -0.3 is 10.6 Å². The van der Waals surface area contributed by atoms with E-state index in [1.807, 2.05) is 5.38 Å². The highest BCUT2D eigenvalue weighted by molar-refractivity contribution is 7.14. The first-order valence-corrected chi connectivity index (χ1v) is 7.84. The fraction of sp³-hybridized carbons (Fsp3) is 0.750. The Morgan fingerprint density at radius 3 is 2.72 bits per heavy atom. The van der Waals surface area contributed by atoms with E-state index in [0.29, 0.717) is 17.2 Å². The number of piperidine rings is 1. The lowest BCUT2D eigenvalue weighted by Gasteiger charge is -2.34. The molecule has 4 nitrogen and oxygen atoms in total. The number of thiazole rings is 1. The minimum atomic E-state index is 0.413. The van der Waals surface area contributed by atoms with Crippen LogP contribution in [-0.4, -0.2) is 48.1 Å². The quantitative estimate of drug-likeness (QED) is 0.900. The lowest BCUT2D eigenvalue weighted by molar-refractivity contribution is 0.163. The highest BCUT2D eigenvalue weighted by Crippen LogP contribution is 2.28. The van der Waals surface area contributed by atoms with Gasteiger partial charge in [0, 0.05) is 30.6 Å². The minimum absolute atomic E-state index is 0.413. The first-order chi connectivity index (χ1) is 8.72. The molecule has 0 bridgehead atoms. The van der Waals surface area contributed by atoms with E-state index in [2.05, 4.69) is 14.8 Å². The van der Waals surface area contributed by atoms with Gasteiger partial charge in [0.15, 0.2) is 5.13 Å². The summed E-state index contributed by atoms with van der Waals surface area (Å²) in [6.07, 6.45) is 3.51. The van der Waals surface area contributed by atoms with Gasteiger partial charge in [-0.2, -0.15) is 0 Å². The van der Waals surface area contributed by atoms with E-state index in [4.69, 9.17) is 17.3 Å². The van der Waals surface area contributed by atoms with Gasteiger partial charge in [-0.25, -0.2) is 4.98 Å². The van der Waals surface area contributed by atoms with Gasteiger partial charge in [-0.05, 0) is 32.4 Å². The largest absolute Gasteiger partial charge is 0.346 e. The molecule has 0 saturated carbocycles. The van der Waals surface area contributed by atoms with Crippen molar-refractivity contribution in [3.63, 3.8) is 0 Å². The maximum Gasteiger partial charge on any atom is 0.186 e. The molecule has 2 aliphatic rings. The number of anilines is 1. The lowest BCUT2D eigenvalue weighted by Crippen LogP contribution is -2.46. The monoisotopic (exact) mass is 286 g/mol. The van der Waals surface area contributed by atoms with Crippen LogP contribution >= 0.6 is 22.9 Å². The molecular weight excluding hydrogens is 268 g/mol. The number of likely N-dealkylation sites (tertiary alicyclic amines) is 1. The summed E-state index contributed by atoms with van der Waals surface area (Å²) in [5, 5.41) is 3.59. The zero-order valence-electron chi connectivity index (χ0n) is 10.4. The first kappa shape index (κ1) is 12.7. The van der Waals surface area contributed by atoms with E-state index < -0.39 is 0 Å². The summed E-state index contributed by atoms with van der Waals surface area (Å²) >= 11 is 7.53. The average Bonchev–Trinajstić information content (AvgIpc) is 2.98. The summed E-state index contributed by atoms with van der Waals surface area (Å²) < 4.78 is 0. The maximum absolute atomic E-state index is 5.96. The van der Waals surface area contributed by atoms with Gasteiger partial charge in [-0.15, -0.1) is 11.3 Å². The van der Waals surface area contributed by atoms with E-state index >= 15 is 0 Å². The molecule has 2 saturated heterocycles. The molecule has 0 aliphatic carbocycles. The van der Waals surface area contributed by atoms with Crippen molar-refractivity contribution in [2.45, 2.75) is 31.3 Å². The van der Waals surface area contributed by atoms with Crippen molar-refractivity contribution >= 4 is 28.1 Å². The molecular formula is C12H19ClN4S. The average molecular weight is 287 g/mol. The van der Waals surface area contributed by atoms with Crippen molar-refractivity contribution < 1.29 is 0 Å². The Labute approximate surface area is 117 Å². The van der Waals surface area contributed by atoms with Crippen LogP contribution in [0.1, 0.15) is 19.3 Å². The molecule has 2 N–H and O–H groups in total. The van der Waals surface area contributed by atoms with Crippen molar-refractivity contribution in [3.05, 3.63) is 10.5 Å². The third-order valence-electron chi connectivity index (χ3n) is 3.99. The Morgan fingerprint density at radius 2 is 2.06 bits per heavy atom. The molecule has 100 valence electrons. The van der Waals surface area contributed by atoms with Gasteiger partial charge in [0.2, 0.25) is 0 Å². The smallest absolute Gasteiger partial charge is 0.186 e. The van der Waals surface area contributed by atoms with Crippen LogP contribution in [0.15, 0.2) is 5.38 Å². The number of nitrogens with zero attached hydrogens (tertiary/aromatic N) is 3. The molecule has 0 radical (unpaired) electrons. The predicted octanol–water partition coefficient (Wildman–Crippen LogP) is 1.80. The Hall–Kier alpha value is -0.360. The lowest BCUT2D eigenvalue weighted by atomic mass is 10.0. The van der Waals surface area contributed by atoms with Crippen LogP contribution in [0, 0.1) is 0 Å². The molecule has 1 aromatic rings. The Kier molecular flexibility index (Phi) is 3.75. The number of hydrogen-bond acceptors (Lipinski definition) is 5. The third kappa shape index (κ3) is 2.64. The predicted molar refractivity (Wildman–Crippen MR) is 76.5 cm³/mol. The van der Waals surface area contributed by atoms with Crippen LogP contribution in [0.4, 0.5) is 5.13 Å². The SMILES string of the molecule is NC1CCN(C2CCN(c3nc(Cl)cs3)C2)CC1. The fourth-order valence-corrected chi connectivity index (χ4v) is 3.87. The molecule has 1 aromatic heterocycles. The van der Waals surface area contributed by atoms with Crippen LogP contribution in [0.5, 0.6) is 0 Å². The zero-order valence-corrected chi connectivity index (χ0v) is 12.0. The molecule has 0 aromatic carbocycles.